The van der Waals surface area contributed by atoms with Gasteiger partial charge < -0.3 is 9.47 Å². The Labute approximate surface area is 134 Å². The Bertz CT molecular complexity index is 934. The highest BCUT2D eigenvalue weighted by Gasteiger charge is 2.35. The Balaban J connectivity index is 1.91. The van der Waals surface area contributed by atoms with Gasteiger partial charge in [-0.3, -0.25) is 0 Å². The molecule has 5 nitrogen and oxygen atoms in total. The number of alkyl halides is 3. The topological polar surface area (TPSA) is 48.7 Å². The Morgan fingerprint density at radius 3 is 2.54 bits per heavy atom. The molecule has 0 unspecified atom stereocenters. The molecule has 0 spiro atoms. The van der Waals surface area contributed by atoms with Crippen LogP contribution < -0.4 is 9.47 Å². The maximum absolute atomic E-state index is 13.4. The molecule has 8 heteroatoms. The number of rotatable bonds is 1. The first-order chi connectivity index (χ1) is 11.4. The molecule has 0 saturated carbocycles. The Kier molecular flexibility index (Phi) is 3.16. The molecule has 124 valence electrons. The lowest BCUT2D eigenvalue weighted by molar-refractivity contribution is -0.142. The molecule has 0 amide bonds. The minimum Gasteiger partial charge on any atom is -0.486 e. The van der Waals surface area contributed by atoms with E-state index in [1.54, 1.807) is 25.1 Å². The van der Waals surface area contributed by atoms with Crippen molar-refractivity contribution in [2.24, 2.45) is 0 Å². The SMILES string of the molecule is Cc1cc2nc(-c3ccc4c(c3)OCCO4)cc(C(F)(F)F)n2n1. The number of benzene rings is 1. The summed E-state index contributed by atoms with van der Waals surface area (Å²) in [6, 6.07) is 7.47. The van der Waals surface area contributed by atoms with Crippen LogP contribution in [0, 0.1) is 6.92 Å². The van der Waals surface area contributed by atoms with Gasteiger partial charge in [-0.2, -0.15) is 18.3 Å². The van der Waals surface area contributed by atoms with Gasteiger partial charge in [-0.1, -0.05) is 0 Å². The van der Waals surface area contributed by atoms with E-state index < -0.39 is 11.9 Å². The molecule has 0 aliphatic carbocycles. The van der Waals surface area contributed by atoms with Crippen LogP contribution >= 0.6 is 0 Å². The van der Waals surface area contributed by atoms with Gasteiger partial charge in [-0.25, -0.2) is 9.50 Å². The fraction of sp³-hybridized carbons (Fsp3) is 0.250. The Hall–Kier alpha value is -2.77. The first kappa shape index (κ1) is 14.8. The molecule has 24 heavy (non-hydrogen) atoms. The molecule has 1 aliphatic heterocycles. The van der Waals surface area contributed by atoms with Gasteiger partial charge >= 0.3 is 6.18 Å². The Morgan fingerprint density at radius 1 is 1.04 bits per heavy atom. The summed E-state index contributed by atoms with van der Waals surface area (Å²) >= 11 is 0. The summed E-state index contributed by atoms with van der Waals surface area (Å²) < 4.78 is 51.8. The van der Waals surface area contributed by atoms with Crippen molar-refractivity contribution >= 4 is 5.65 Å². The van der Waals surface area contributed by atoms with Gasteiger partial charge in [0.25, 0.3) is 0 Å². The van der Waals surface area contributed by atoms with E-state index in [1.165, 1.54) is 6.07 Å². The van der Waals surface area contributed by atoms with E-state index in [0.717, 1.165) is 10.6 Å². The Morgan fingerprint density at radius 2 is 1.79 bits per heavy atom. The smallest absolute Gasteiger partial charge is 0.433 e. The number of aryl methyl sites for hydroxylation is 1. The number of halogens is 3. The van der Waals surface area contributed by atoms with Crippen LogP contribution in [0.2, 0.25) is 0 Å². The number of ether oxygens (including phenoxy) is 2. The molecular formula is C16H12F3N3O2. The second kappa shape index (κ2) is 5.12. The minimum absolute atomic E-state index is 0.146. The highest BCUT2D eigenvalue weighted by Crippen LogP contribution is 2.36. The molecule has 0 saturated heterocycles. The lowest BCUT2D eigenvalue weighted by Gasteiger charge is -2.19. The average molecular weight is 335 g/mol. The summed E-state index contributed by atoms with van der Waals surface area (Å²) in [5, 5.41) is 3.87. The fourth-order valence-corrected chi connectivity index (χ4v) is 2.64. The number of fused-ring (bicyclic) bond motifs is 2. The molecule has 4 rings (SSSR count). The maximum Gasteiger partial charge on any atom is 0.433 e. The molecule has 0 radical (unpaired) electrons. The monoisotopic (exact) mass is 335 g/mol. The summed E-state index contributed by atoms with van der Waals surface area (Å²) in [7, 11) is 0. The maximum atomic E-state index is 13.4. The van der Waals surface area contributed by atoms with Crippen molar-refractivity contribution in [3.8, 4) is 22.8 Å². The van der Waals surface area contributed by atoms with Gasteiger partial charge in [-0.15, -0.1) is 0 Å². The van der Waals surface area contributed by atoms with Crippen molar-refractivity contribution in [3.63, 3.8) is 0 Å². The van der Waals surface area contributed by atoms with Crippen molar-refractivity contribution < 1.29 is 22.6 Å². The van der Waals surface area contributed by atoms with Crippen LogP contribution in [0.3, 0.4) is 0 Å². The quantitative estimate of drug-likeness (QED) is 0.683. The number of hydrogen-bond acceptors (Lipinski definition) is 4. The summed E-state index contributed by atoms with van der Waals surface area (Å²) in [5.41, 5.74) is 0.461. The fourth-order valence-electron chi connectivity index (χ4n) is 2.64. The van der Waals surface area contributed by atoms with Crippen LogP contribution in [0.25, 0.3) is 16.9 Å². The largest absolute Gasteiger partial charge is 0.486 e. The van der Waals surface area contributed by atoms with Gasteiger partial charge in [0.15, 0.2) is 22.8 Å². The summed E-state index contributed by atoms with van der Waals surface area (Å²) in [6.45, 7) is 2.47. The standard InChI is InChI=1S/C16H12F3N3O2/c1-9-6-15-20-11(8-14(16(17,18)19)22(15)21-9)10-2-3-12-13(7-10)24-5-4-23-12/h2-3,6-8H,4-5H2,1H3. The van der Waals surface area contributed by atoms with Crippen LogP contribution in [0.15, 0.2) is 30.3 Å². The average Bonchev–Trinajstić information content (AvgIpc) is 2.92. The van der Waals surface area contributed by atoms with Crippen LogP contribution in [0.4, 0.5) is 13.2 Å². The van der Waals surface area contributed by atoms with Gasteiger partial charge in [0.1, 0.15) is 13.2 Å². The molecular weight excluding hydrogens is 323 g/mol. The van der Waals surface area contributed by atoms with Crippen LogP contribution in [0.1, 0.15) is 11.4 Å². The minimum atomic E-state index is -4.54. The van der Waals surface area contributed by atoms with Gasteiger partial charge in [0, 0.05) is 11.6 Å². The predicted molar refractivity (Wildman–Crippen MR) is 79.2 cm³/mol. The molecule has 2 aromatic heterocycles. The molecule has 3 heterocycles. The molecule has 0 bridgehead atoms. The zero-order valence-corrected chi connectivity index (χ0v) is 12.6. The van der Waals surface area contributed by atoms with Crippen molar-refractivity contribution in [1.82, 2.24) is 14.6 Å². The summed E-state index contributed by atoms with van der Waals surface area (Å²) in [5.74, 6) is 1.07. The molecule has 1 aliphatic rings. The highest BCUT2D eigenvalue weighted by atomic mass is 19.4. The molecule has 0 fully saturated rings. The van der Waals surface area contributed by atoms with Gasteiger partial charge in [0.05, 0.1) is 11.4 Å². The molecule has 0 N–H and O–H groups in total. The first-order valence-electron chi connectivity index (χ1n) is 7.26. The van der Waals surface area contributed by atoms with Crippen molar-refractivity contribution in [3.05, 3.63) is 41.7 Å². The van der Waals surface area contributed by atoms with E-state index in [4.69, 9.17) is 9.47 Å². The van der Waals surface area contributed by atoms with Crippen LogP contribution in [0.5, 0.6) is 11.5 Å². The third kappa shape index (κ3) is 2.44. The first-order valence-corrected chi connectivity index (χ1v) is 7.26. The van der Waals surface area contributed by atoms with E-state index in [1.807, 2.05) is 0 Å². The second-order valence-electron chi connectivity index (χ2n) is 5.44. The predicted octanol–water partition coefficient (Wildman–Crippen LogP) is 3.49. The normalized spacial score (nSPS) is 14.2. The lowest BCUT2D eigenvalue weighted by atomic mass is 10.1. The van der Waals surface area contributed by atoms with Crippen molar-refractivity contribution in [2.75, 3.05) is 13.2 Å². The van der Waals surface area contributed by atoms with E-state index >= 15 is 0 Å². The molecule has 1 aromatic carbocycles. The summed E-state index contributed by atoms with van der Waals surface area (Å²) in [6.07, 6.45) is -4.54. The van der Waals surface area contributed by atoms with Crippen LogP contribution in [-0.2, 0) is 6.18 Å². The number of aromatic nitrogens is 3. The number of nitrogens with zero attached hydrogens (tertiary/aromatic N) is 3. The van der Waals surface area contributed by atoms with Crippen LogP contribution in [-0.4, -0.2) is 27.8 Å². The zero-order chi connectivity index (χ0) is 16.9. The van der Waals surface area contributed by atoms with Crippen molar-refractivity contribution in [2.45, 2.75) is 13.1 Å². The summed E-state index contributed by atoms with van der Waals surface area (Å²) in [4.78, 5) is 4.29. The zero-order valence-electron chi connectivity index (χ0n) is 12.6. The second-order valence-corrected chi connectivity index (χ2v) is 5.44. The third-order valence-corrected chi connectivity index (χ3v) is 3.68. The molecule has 3 aromatic rings. The number of hydrogen-bond donors (Lipinski definition) is 0. The van der Waals surface area contributed by atoms with Gasteiger partial charge in [0.2, 0.25) is 0 Å². The highest BCUT2D eigenvalue weighted by molar-refractivity contribution is 5.66. The molecule has 0 atom stereocenters. The van der Waals surface area contributed by atoms with Gasteiger partial charge in [-0.05, 0) is 31.2 Å². The van der Waals surface area contributed by atoms with E-state index in [2.05, 4.69) is 10.1 Å². The van der Waals surface area contributed by atoms with E-state index in [9.17, 15) is 13.2 Å². The van der Waals surface area contributed by atoms with E-state index in [0.29, 0.717) is 36.0 Å². The third-order valence-electron chi connectivity index (χ3n) is 3.68. The lowest BCUT2D eigenvalue weighted by Crippen LogP contribution is -2.15. The van der Waals surface area contributed by atoms with Crippen molar-refractivity contribution in [1.29, 1.82) is 0 Å². The van der Waals surface area contributed by atoms with E-state index in [-0.39, 0.29) is 11.3 Å².